The van der Waals surface area contributed by atoms with Crippen molar-refractivity contribution in [3.05, 3.63) is 46.5 Å². The fourth-order valence-electron chi connectivity index (χ4n) is 1.64. The van der Waals surface area contributed by atoms with E-state index >= 15 is 0 Å². The van der Waals surface area contributed by atoms with Crippen LogP contribution in [-0.4, -0.2) is 5.11 Å². The second-order valence-corrected chi connectivity index (χ2v) is 6.30. The Labute approximate surface area is 113 Å². The summed E-state index contributed by atoms with van der Waals surface area (Å²) in [5.74, 6) is 0.504. The Morgan fingerprint density at radius 2 is 1.94 bits per heavy atom. The summed E-state index contributed by atoms with van der Waals surface area (Å²) in [5.41, 5.74) is 0.684. The van der Waals surface area contributed by atoms with Gasteiger partial charge < -0.3 is 5.11 Å². The molecule has 1 aromatic carbocycles. The third-order valence-electron chi connectivity index (χ3n) is 2.78. The number of aliphatic hydroxyl groups excluding tert-OH is 1. The van der Waals surface area contributed by atoms with E-state index in [1.807, 2.05) is 24.3 Å². The lowest BCUT2D eigenvalue weighted by molar-refractivity contribution is 0.0816. The molecule has 0 fully saturated rings. The minimum atomic E-state index is -0.491. The van der Waals surface area contributed by atoms with Gasteiger partial charge in [0.25, 0.3) is 0 Å². The molecule has 2 heteroatoms. The zero-order chi connectivity index (χ0) is 13.1. The van der Waals surface area contributed by atoms with Crippen LogP contribution < -0.4 is 0 Å². The van der Waals surface area contributed by atoms with Crippen LogP contribution in [0.1, 0.15) is 39.4 Å². The van der Waals surface area contributed by atoms with E-state index in [-0.39, 0.29) is 5.41 Å². The summed E-state index contributed by atoms with van der Waals surface area (Å²) in [5, 5.41) is 10.4. The molecule has 0 saturated heterocycles. The van der Waals surface area contributed by atoms with Crippen molar-refractivity contribution in [2.75, 3.05) is 0 Å². The molecule has 1 atom stereocenters. The molecule has 0 heterocycles. The van der Waals surface area contributed by atoms with Crippen LogP contribution in [0.25, 0.3) is 0 Å². The van der Waals surface area contributed by atoms with E-state index in [0.717, 1.165) is 10.0 Å². The van der Waals surface area contributed by atoms with Gasteiger partial charge in [0, 0.05) is 9.89 Å². The predicted octanol–water partition coefficient (Wildman–Crippen LogP) is 4.72. The molecule has 0 aliphatic heterocycles. The minimum absolute atomic E-state index is 0.259. The topological polar surface area (TPSA) is 20.2 Å². The zero-order valence-electron chi connectivity index (χ0n) is 10.9. The highest BCUT2D eigenvalue weighted by atomic mass is 79.9. The second-order valence-electron chi connectivity index (χ2n) is 5.38. The number of allylic oxidation sites excluding steroid dienone is 1. The van der Waals surface area contributed by atoms with Crippen LogP contribution in [-0.2, 0) is 0 Å². The van der Waals surface area contributed by atoms with E-state index in [1.165, 1.54) is 0 Å². The van der Waals surface area contributed by atoms with E-state index in [0.29, 0.717) is 5.92 Å². The number of halogens is 1. The molecule has 1 unspecified atom stereocenters. The van der Waals surface area contributed by atoms with Crippen LogP contribution >= 0.6 is 15.9 Å². The van der Waals surface area contributed by atoms with Crippen molar-refractivity contribution < 1.29 is 5.11 Å². The lowest BCUT2D eigenvalue weighted by Crippen LogP contribution is -2.19. The van der Waals surface area contributed by atoms with E-state index in [2.05, 4.69) is 55.8 Å². The molecule has 0 aliphatic rings. The first-order valence-electron chi connectivity index (χ1n) is 5.96. The van der Waals surface area contributed by atoms with Crippen molar-refractivity contribution in [3.63, 3.8) is 0 Å². The maximum absolute atomic E-state index is 10.4. The first-order chi connectivity index (χ1) is 7.83. The standard InChI is InChI=1S/C15H21BrO/c1-11(2)8-9-15(3,4)14(17)12-6-5-7-13(16)10-12/h5-11,14,17H,1-4H3/b9-8+. The third kappa shape index (κ3) is 4.29. The van der Waals surface area contributed by atoms with E-state index in [9.17, 15) is 5.11 Å². The van der Waals surface area contributed by atoms with Gasteiger partial charge in [-0.2, -0.15) is 0 Å². The van der Waals surface area contributed by atoms with Gasteiger partial charge in [-0.25, -0.2) is 0 Å². The second kappa shape index (κ2) is 5.83. The Morgan fingerprint density at radius 3 is 2.47 bits per heavy atom. The van der Waals surface area contributed by atoms with Gasteiger partial charge in [0.2, 0.25) is 0 Å². The number of hydrogen-bond donors (Lipinski definition) is 1. The molecule has 0 bridgehead atoms. The zero-order valence-corrected chi connectivity index (χ0v) is 12.5. The SMILES string of the molecule is CC(C)/C=C/C(C)(C)C(O)c1cccc(Br)c1. The Kier molecular flexibility index (Phi) is 4.96. The van der Waals surface area contributed by atoms with Crippen LogP contribution in [0, 0.1) is 11.3 Å². The van der Waals surface area contributed by atoms with Crippen molar-refractivity contribution in [2.45, 2.75) is 33.8 Å². The van der Waals surface area contributed by atoms with Gasteiger partial charge in [0.1, 0.15) is 0 Å². The quantitative estimate of drug-likeness (QED) is 0.797. The normalized spacial score (nSPS) is 14.5. The Bertz CT molecular complexity index is 394. The van der Waals surface area contributed by atoms with Gasteiger partial charge in [-0.15, -0.1) is 0 Å². The highest BCUT2D eigenvalue weighted by Crippen LogP contribution is 2.35. The molecule has 17 heavy (non-hydrogen) atoms. The molecule has 0 amide bonds. The molecule has 0 aliphatic carbocycles. The maximum Gasteiger partial charge on any atom is 0.0875 e. The monoisotopic (exact) mass is 296 g/mol. The fourth-order valence-corrected chi connectivity index (χ4v) is 2.05. The van der Waals surface area contributed by atoms with Crippen LogP contribution in [0.2, 0.25) is 0 Å². The Balaban J connectivity index is 2.91. The number of hydrogen-bond acceptors (Lipinski definition) is 1. The molecule has 94 valence electrons. The molecular weight excluding hydrogens is 276 g/mol. The number of rotatable bonds is 4. The summed E-state index contributed by atoms with van der Waals surface area (Å²) >= 11 is 3.43. The molecule has 1 aromatic rings. The van der Waals surface area contributed by atoms with Crippen LogP contribution in [0.3, 0.4) is 0 Å². The predicted molar refractivity (Wildman–Crippen MR) is 76.9 cm³/mol. The van der Waals surface area contributed by atoms with Crippen molar-refractivity contribution >= 4 is 15.9 Å². The summed E-state index contributed by atoms with van der Waals surface area (Å²) in [7, 11) is 0. The van der Waals surface area contributed by atoms with Crippen molar-refractivity contribution in [3.8, 4) is 0 Å². The number of benzene rings is 1. The van der Waals surface area contributed by atoms with Gasteiger partial charge in [0.05, 0.1) is 6.10 Å². The average Bonchev–Trinajstić information content (AvgIpc) is 2.25. The van der Waals surface area contributed by atoms with Crippen molar-refractivity contribution in [1.82, 2.24) is 0 Å². The lowest BCUT2D eigenvalue weighted by Gasteiger charge is -2.28. The minimum Gasteiger partial charge on any atom is -0.388 e. The van der Waals surface area contributed by atoms with E-state index < -0.39 is 6.10 Å². The van der Waals surface area contributed by atoms with Gasteiger partial charge in [-0.05, 0) is 23.6 Å². The molecule has 0 spiro atoms. The summed E-state index contributed by atoms with van der Waals surface area (Å²) in [6, 6.07) is 7.84. The molecule has 1 nitrogen and oxygen atoms in total. The molecule has 1 N–H and O–H groups in total. The van der Waals surface area contributed by atoms with Gasteiger partial charge >= 0.3 is 0 Å². The smallest absolute Gasteiger partial charge is 0.0875 e. The highest BCUT2D eigenvalue weighted by Gasteiger charge is 2.26. The molecule has 1 rings (SSSR count). The number of aliphatic hydroxyl groups is 1. The van der Waals surface area contributed by atoms with E-state index in [4.69, 9.17) is 0 Å². The van der Waals surface area contributed by atoms with Crippen LogP contribution in [0.4, 0.5) is 0 Å². The van der Waals surface area contributed by atoms with Crippen molar-refractivity contribution in [1.29, 1.82) is 0 Å². The summed E-state index contributed by atoms with van der Waals surface area (Å²) in [4.78, 5) is 0. The van der Waals surface area contributed by atoms with Gasteiger partial charge in [0.15, 0.2) is 0 Å². The fraction of sp³-hybridized carbons (Fsp3) is 0.467. The maximum atomic E-state index is 10.4. The Morgan fingerprint density at radius 1 is 1.29 bits per heavy atom. The van der Waals surface area contributed by atoms with Crippen LogP contribution in [0.5, 0.6) is 0 Å². The molecule has 0 saturated carbocycles. The first kappa shape index (κ1) is 14.5. The largest absolute Gasteiger partial charge is 0.388 e. The average molecular weight is 297 g/mol. The van der Waals surface area contributed by atoms with Gasteiger partial charge in [-0.1, -0.05) is 67.9 Å². The molecule has 0 aromatic heterocycles. The van der Waals surface area contributed by atoms with Gasteiger partial charge in [-0.3, -0.25) is 0 Å². The Hall–Kier alpha value is -0.600. The lowest BCUT2D eigenvalue weighted by atomic mass is 9.82. The molecule has 0 radical (unpaired) electrons. The van der Waals surface area contributed by atoms with E-state index in [1.54, 1.807) is 0 Å². The van der Waals surface area contributed by atoms with Crippen LogP contribution in [0.15, 0.2) is 40.9 Å². The first-order valence-corrected chi connectivity index (χ1v) is 6.75. The molecular formula is C15H21BrO. The highest BCUT2D eigenvalue weighted by molar-refractivity contribution is 9.10. The summed E-state index contributed by atoms with van der Waals surface area (Å²) in [6.45, 7) is 8.38. The summed E-state index contributed by atoms with van der Waals surface area (Å²) < 4.78 is 0.998. The third-order valence-corrected chi connectivity index (χ3v) is 3.27. The van der Waals surface area contributed by atoms with Crippen molar-refractivity contribution in [2.24, 2.45) is 11.3 Å². The summed E-state index contributed by atoms with van der Waals surface area (Å²) in [6.07, 6.45) is 3.75.